The minimum absolute atomic E-state index is 0.313. The summed E-state index contributed by atoms with van der Waals surface area (Å²) in [6, 6.07) is 3.40. The van der Waals surface area contributed by atoms with E-state index in [0.717, 1.165) is 0 Å². The quantitative estimate of drug-likeness (QED) is 0.519. The molecule has 2 aromatic rings. The molecule has 1 aliphatic rings. The summed E-state index contributed by atoms with van der Waals surface area (Å²) in [6.45, 7) is -0.366. The first-order valence-corrected chi connectivity index (χ1v) is 5.84. The molecule has 1 aliphatic heterocycles. The fourth-order valence-corrected chi connectivity index (χ4v) is 2.33. The van der Waals surface area contributed by atoms with Crippen LogP contribution in [0.15, 0.2) is 18.5 Å². The summed E-state index contributed by atoms with van der Waals surface area (Å²) in [6.07, 6.45) is -2.56. The normalized spacial score (nSPS) is 31.1. The third-order valence-electron chi connectivity index (χ3n) is 3.34. The molecule has 1 fully saturated rings. The number of rotatable bonds is 2. The van der Waals surface area contributed by atoms with Crippen molar-refractivity contribution in [3.05, 3.63) is 24.2 Å². The standard InChI is InChI=1S/C11H14N4O4/c12-11-6-2-1-5(15(6)14-4-13-11)10-9(18)8(17)7(3-16)19-10/h1-2,4,7-10,16-18H,3H2,(H2,12,13,14). The monoisotopic (exact) mass is 266 g/mol. The molecular weight excluding hydrogens is 252 g/mol. The van der Waals surface area contributed by atoms with Gasteiger partial charge in [-0.3, -0.25) is 0 Å². The molecule has 4 atom stereocenters. The van der Waals surface area contributed by atoms with Gasteiger partial charge in [-0.2, -0.15) is 5.10 Å². The lowest BCUT2D eigenvalue weighted by atomic mass is 10.1. The Morgan fingerprint density at radius 2 is 2.11 bits per heavy atom. The van der Waals surface area contributed by atoms with Crippen LogP contribution >= 0.6 is 0 Å². The Labute approximate surface area is 108 Å². The molecule has 102 valence electrons. The Bertz CT molecular complexity index is 601. The van der Waals surface area contributed by atoms with E-state index in [9.17, 15) is 10.2 Å². The van der Waals surface area contributed by atoms with Crippen LogP contribution in [0, 0.1) is 0 Å². The van der Waals surface area contributed by atoms with Crippen molar-refractivity contribution in [3.8, 4) is 0 Å². The van der Waals surface area contributed by atoms with Crippen molar-refractivity contribution in [2.45, 2.75) is 24.4 Å². The molecule has 8 nitrogen and oxygen atoms in total. The molecule has 5 N–H and O–H groups in total. The fraction of sp³-hybridized carbons (Fsp3) is 0.455. The van der Waals surface area contributed by atoms with Crippen LogP contribution in [0.25, 0.3) is 5.52 Å². The number of hydrogen-bond acceptors (Lipinski definition) is 7. The maximum Gasteiger partial charge on any atom is 0.151 e. The van der Waals surface area contributed by atoms with Crippen LogP contribution in [0.4, 0.5) is 5.82 Å². The number of fused-ring (bicyclic) bond motifs is 1. The molecule has 0 radical (unpaired) electrons. The first kappa shape index (κ1) is 12.3. The third-order valence-corrected chi connectivity index (χ3v) is 3.34. The Hall–Kier alpha value is -1.74. The largest absolute Gasteiger partial charge is 0.394 e. The molecule has 19 heavy (non-hydrogen) atoms. The van der Waals surface area contributed by atoms with E-state index in [1.807, 2.05) is 0 Å². The summed E-state index contributed by atoms with van der Waals surface area (Å²) in [4.78, 5) is 3.87. The second-order valence-corrected chi connectivity index (χ2v) is 4.46. The number of hydrogen-bond donors (Lipinski definition) is 4. The van der Waals surface area contributed by atoms with Gasteiger partial charge in [-0.25, -0.2) is 9.50 Å². The fourth-order valence-electron chi connectivity index (χ4n) is 2.33. The summed E-state index contributed by atoms with van der Waals surface area (Å²) in [5.41, 5.74) is 6.86. The van der Waals surface area contributed by atoms with Crippen LogP contribution in [0.3, 0.4) is 0 Å². The first-order valence-electron chi connectivity index (χ1n) is 5.84. The van der Waals surface area contributed by atoms with Crippen LogP contribution in [0.1, 0.15) is 11.8 Å². The van der Waals surface area contributed by atoms with E-state index in [-0.39, 0.29) is 6.61 Å². The molecule has 0 spiro atoms. The maximum absolute atomic E-state index is 9.99. The van der Waals surface area contributed by atoms with E-state index in [1.165, 1.54) is 10.8 Å². The van der Waals surface area contributed by atoms with Crippen molar-refractivity contribution < 1.29 is 20.1 Å². The molecule has 2 aromatic heterocycles. The van der Waals surface area contributed by atoms with Crippen LogP contribution < -0.4 is 5.73 Å². The number of nitrogens with zero attached hydrogens (tertiary/aromatic N) is 3. The predicted molar refractivity (Wildman–Crippen MR) is 64.1 cm³/mol. The summed E-state index contributed by atoms with van der Waals surface area (Å²) >= 11 is 0. The Morgan fingerprint density at radius 3 is 2.79 bits per heavy atom. The van der Waals surface area contributed by atoms with Gasteiger partial charge in [0.05, 0.1) is 12.3 Å². The van der Waals surface area contributed by atoms with E-state index < -0.39 is 24.4 Å². The molecule has 8 heteroatoms. The van der Waals surface area contributed by atoms with Crippen molar-refractivity contribution in [3.63, 3.8) is 0 Å². The number of aromatic nitrogens is 3. The average Bonchev–Trinajstić information content (AvgIpc) is 2.94. The van der Waals surface area contributed by atoms with Crippen LogP contribution in [-0.2, 0) is 4.74 Å². The van der Waals surface area contributed by atoms with Crippen molar-refractivity contribution in [2.24, 2.45) is 0 Å². The van der Waals surface area contributed by atoms with Crippen LogP contribution in [0.2, 0.25) is 0 Å². The number of aliphatic hydroxyl groups is 3. The third kappa shape index (κ3) is 1.77. The Balaban J connectivity index is 2.04. The molecule has 3 heterocycles. The van der Waals surface area contributed by atoms with Crippen molar-refractivity contribution in [1.29, 1.82) is 0 Å². The molecule has 1 saturated heterocycles. The second kappa shape index (κ2) is 4.42. The van der Waals surface area contributed by atoms with E-state index in [2.05, 4.69) is 10.1 Å². The Morgan fingerprint density at radius 1 is 1.32 bits per heavy atom. The molecule has 0 bridgehead atoms. The van der Waals surface area contributed by atoms with Gasteiger partial charge in [-0.05, 0) is 12.1 Å². The topological polar surface area (TPSA) is 126 Å². The average molecular weight is 266 g/mol. The molecule has 0 aliphatic carbocycles. The summed E-state index contributed by atoms with van der Waals surface area (Å²) in [5.74, 6) is 0.313. The number of anilines is 1. The van der Waals surface area contributed by atoms with Gasteiger partial charge in [0.15, 0.2) is 5.82 Å². The molecule has 4 unspecified atom stereocenters. The minimum atomic E-state index is -1.14. The number of nitrogens with two attached hydrogens (primary N) is 1. The lowest BCUT2D eigenvalue weighted by Crippen LogP contribution is -2.32. The smallest absolute Gasteiger partial charge is 0.151 e. The molecule has 0 saturated carbocycles. The van der Waals surface area contributed by atoms with Crippen LogP contribution in [-0.4, -0.2) is 54.8 Å². The van der Waals surface area contributed by atoms with Crippen LogP contribution in [0.5, 0.6) is 0 Å². The zero-order chi connectivity index (χ0) is 13.6. The van der Waals surface area contributed by atoms with Gasteiger partial charge in [-0.1, -0.05) is 0 Å². The van der Waals surface area contributed by atoms with Crippen molar-refractivity contribution in [2.75, 3.05) is 12.3 Å². The maximum atomic E-state index is 9.99. The van der Waals surface area contributed by atoms with Gasteiger partial charge in [0, 0.05) is 0 Å². The van der Waals surface area contributed by atoms with E-state index >= 15 is 0 Å². The first-order chi connectivity index (χ1) is 9.13. The second-order valence-electron chi connectivity index (χ2n) is 4.46. The highest BCUT2D eigenvalue weighted by atomic mass is 16.6. The lowest BCUT2D eigenvalue weighted by Gasteiger charge is -2.14. The summed E-state index contributed by atoms with van der Waals surface area (Å²) in [7, 11) is 0. The summed E-state index contributed by atoms with van der Waals surface area (Å²) < 4.78 is 6.96. The van der Waals surface area contributed by atoms with Gasteiger partial charge in [0.2, 0.25) is 0 Å². The number of ether oxygens (including phenoxy) is 1. The molecule has 0 amide bonds. The minimum Gasteiger partial charge on any atom is -0.394 e. The highest BCUT2D eigenvalue weighted by molar-refractivity contribution is 5.65. The summed E-state index contributed by atoms with van der Waals surface area (Å²) in [5, 5.41) is 32.9. The van der Waals surface area contributed by atoms with Gasteiger partial charge < -0.3 is 25.8 Å². The predicted octanol–water partition coefficient (Wildman–Crippen LogP) is -1.53. The molecule has 0 aromatic carbocycles. The molecule has 3 rings (SSSR count). The van der Waals surface area contributed by atoms with Crippen molar-refractivity contribution >= 4 is 11.3 Å². The Kier molecular flexibility index (Phi) is 2.86. The van der Waals surface area contributed by atoms with Gasteiger partial charge in [0.25, 0.3) is 0 Å². The van der Waals surface area contributed by atoms with Gasteiger partial charge >= 0.3 is 0 Å². The van der Waals surface area contributed by atoms with E-state index in [4.69, 9.17) is 15.6 Å². The molecular formula is C11H14N4O4. The lowest BCUT2D eigenvalue weighted by molar-refractivity contribution is -0.0244. The van der Waals surface area contributed by atoms with E-state index in [1.54, 1.807) is 12.1 Å². The van der Waals surface area contributed by atoms with Gasteiger partial charge in [0.1, 0.15) is 36.3 Å². The number of nitrogen functional groups attached to an aromatic ring is 1. The SMILES string of the molecule is Nc1ncnn2c(C3OC(CO)C(O)C3O)ccc12. The zero-order valence-corrected chi connectivity index (χ0v) is 9.92. The highest BCUT2D eigenvalue weighted by Crippen LogP contribution is 2.34. The van der Waals surface area contributed by atoms with E-state index in [0.29, 0.717) is 17.0 Å². The highest BCUT2D eigenvalue weighted by Gasteiger charge is 2.44. The van der Waals surface area contributed by atoms with Crippen molar-refractivity contribution in [1.82, 2.24) is 14.6 Å². The zero-order valence-electron chi connectivity index (χ0n) is 9.92. The number of aliphatic hydroxyl groups excluding tert-OH is 3. The van der Waals surface area contributed by atoms with Gasteiger partial charge in [-0.15, -0.1) is 0 Å².